The molecule has 9 N–H and O–H groups in total. The maximum Gasteiger partial charge on any atom is 0.302 e. The zero-order valence-corrected chi connectivity index (χ0v) is 24.2. The monoisotopic (exact) mass is 652 g/mol. The lowest BCUT2D eigenvalue weighted by molar-refractivity contribution is -0.316. The van der Waals surface area contributed by atoms with Crippen LogP contribution in [0.15, 0.2) is 39.5 Å². The van der Waals surface area contributed by atoms with Gasteiger partial charge in [0.1, 0.15) is 71.8 Å². The number of phenols is 4. The van der Waals surface area contributed by atoms with Crippen molar-refractivity contribution in [3.8, 4) is 40.1 Å². The van der Waals surface area contributed by atoms with Crippen LogP contribution in [0, 0.1) is 0 Å². The van der Waals surface area contributed by atoms with Gasteiger partial charge in [-0.3, -0.25) is 9.59 Å². The van der Waals surface area contributed by atoms with E-state index in [-0.39, 0.29) is 11.1 Å². The van der Waals surface area contributed by atoms with Gasteiger partial charge in [-0.05, 0) is 25.1 Å². The smallest absolute Gasteiger partial charge is 0.302 e. The van der Waals surface area contributed by atoms with Crippen molar-refractivity contribution in [1.29, 1.82) is 0 Å². The van der Waals surface area contributed by atoms with E-state index in [1.807, 2.05) is 0 Å². The fourth-order valence-corrected chi connectivity index (χ4v) is 5.19. The average Bonchev–Trinajstić information content (AvgIpc) is 3.27. The van der Waals surface area contributed by atoms with Gasteiger partial charge in [-0.15, -0.1) is 0 Å². The first kappa shape index (κ1) is 33.2. The predicted octanol–water partition coefficient (Wildman–Crippen LogP) is -1.12. The highest BCUT2D eigenvalue weighted by Crippen LogP contribution is 2.40. The van der Waals surface area contributed by atoms with Crippen LogP contribution in [0.5, 0.6) is 28.7 Å². The van der Waals surface area contributed by atoms with Crippen molar-refractivity contribution < 1.29 is 78.9 Å². The van der Waals surface area contributed by atoms with Crippen LogP contribution in [-0.4, -0.2) is 120 Å². The van der Waals surface area contributed by atoms with Crippen molar-refractivity contribution in [2.24, 2.45) is 0 Å². The lowest BCUT2D eigenvalue weighted by atomic mass is 9.98. The molecule has 2 aliphatic heterocycles. The summed E-state index contributed by atoms with van der Waals surface area (Å²) in [7, 11) is 0. The maximum atomic E-state index is 13.7. The first-order chi connectivity index (χ1) is 21.7. The van der Waals surface area contributed by atoms with Gasteiger partial charge in [0.05, 0.1) is 6.10 Å². The summed E-state index contributed by atoms with van der Waals surface area (Å²) in [5.74, 6) is -4.19. The normalized spacial score (nSPS) is 30.3. The largest absolute Gasteiger partial charge is 0.508 e. The molecule has 2 aromatic carbocycles. The van der Waals surface area contributed by atoms with Gasteiger partial charge in [-0.1, -0.05) is 0 Å². The Morgan fingerprint density at radius 2 is 1.59 bits per heavy atom. The Hall–Kier alpha value is -4.20. The topological polar surface area (TPSA) is 275 Å². The van der Waals surface area contributed by atoms with E-state index in [1.165, 1.54) is 13.0 Å². The number of aliphatic hydroxyl groups excluding tert-OH is 5. The summed E-state index contributed by atoms with van der Waals surface area (Å²) in [6.07, 6.45) is -16.4. The van der Waals surface area contributed by atoms with Crippen LogP contribution < -0.4 is 10.2 Å². The molecule has 3 heterocycles. The number of benzene rings is 2. The number of ether oxygens (including phenoxy) is 5. The summed E-state index contributed by atoms with van der Waals surface area (Å²) < 4.78 is 33.4. The molecule has 0 aliphatic carbocycles. The van der Waals surface area contributed by atoms with Crippen LogP contribution in [0.4, 0.5) is 0 Å². The van der Waals surface area contributed by atoms with Crippen LogP contribution in [0.25, 0.3) is 22.3 Å². The number of phenolic OH excluding ortho intramolecular Hbond substituents is 4. The van der Waals surface area contributed by atoms with E-state index in [0.29, 0.717) is 0 Å². The van der Waals surface area contributed by atoms with E-state index in [2.05, 4.69) is 0 Å². The quantitative estimate of drug-likeness (QED) is 0.103. The molecule has 17 nitrogen and oxygen atoms in total. The molecule has 17 heteroatoms. The standard InChI is InChI=1S/C29H32O17/c1-9(30)24-20(37)22(39)29(44-24)45-26-17(8-41-10(2)31)43-28(23(40)21(26)38)46-27-19(36)18-15(35)6-12(32)7-16(18)42-25(27)11-3-4-13(33)14(34)5-11/h3-7,9,17,20-24,26,28-30,32-35,37-40H,8H2,1-2H3. The Morgan fingerprint density at radius 1 is 0.891 bits per heavy atom. The van der Waals surface area contributed by atoms with Crippen molar-refractivity contribution in [3.05, 3.63) is 40.6 Å². The van der Waals surface area contributed by atoms with Crippen LogP contribution in [0.2, 0.25) is 0 Å². The minimum Gasteiger partial charge on any atom is -0.508 e. The lowest BCUT2D eigenvalue weighted by Crippen LogP contribution is -2.62. The summed E-state index contributed by atoms with van der Waals surface area (Å²) in [5.41, 5.74) is -1.40. The van der Waals surface area contributed by atoms with Gasteiger partial charge < -0.3 is 74.1 Å². The Kier molecular flexibility index (Phi) is 9.30. The number of hydrogen-bond acceptors (Lipinski definition) is 17. The minimum atomic E-state index is -2.03. The average molecular weight is 653 g/mol. The lowest BCUT2D eigenvalue weighted by Gasteiger charge is -2.42. The zero-order chi connectivity index (χ0) is 33.6. The van der Waals surface area contributed by atoms with Crippen LogP contribution in [-0.2, 0) is 23.7 Å². The van der Waals surface area contributed by atoms with Crippen molar-refractivity contribution >= 4 is 16.9 Å². The number of aromatic hydroxyl groups is 4. The number of fused-ring (bicyclic) bond motifs is 1. The molecule has 250 valence electrons. The molecule has 1 aromatic heterocycles. The third kappa shape index (κ3) is 6.26. The van der Waals surface area contributed by atoms with Gasteiger partial charge in [0.15, 0.2) is 23.5 Å². The van der Waals surface area contributed by atoms with E-state index in [0.717, 1.165) is 31.2 Å². The Balaban J connectivity index is 1.52. The Bertz CT molecular complexity index is 1650. The molecule has 0 spiro atoms. The molecule has 46 heavy (non-hydrogen) atoms. The van der Waals surface area contributed by atoms with Gasteiger partial charge in [0.25, 0.3) is 0 Å². The zero-order valence-electron chi connectivity index (χ0n) is 24.2. The molecule has 0 amide bonds. The third-order valence-corrected chi connectivity index (χ3v) is 7.50. The number of esters is 1. The Labute approximate surface area is 258 Å². The summed E-state index contributed by atoms with van der Waals surface area (Å²) in [6.45, 7) is 1.77. The van der Waals surface area contributed by atoms with Gasteiger partial charge >= 0.3 is 5.97 Å². The van der Waals surface area contributed by atoms with Crippen LogP contribution in [0.3, 0.4) is 0 Å². The molecule has 0 bridgehead atoms. The first-order valence-corrected chi connectivity index (χ1v) is 13.9. The van der Waals surface area contributed by atoms with Crippen molar-refractivity contribution in [3.63, 3.8) is 0 Å². The van der Waals surface area contributed by atoms with E-state index in [4.69, 9.17) is 28.1 Å². The molecule has 2 fully saturated rings. The molecule has 3 aromatic rings. The van der Waals surface area contributed by atoms with Gasteiger partial charge in [-0.2, -0.15) is 0 Å². The maximum absolute atomic E-state index is 13.7. The second kappa shape index (κ2) is 12.9. The molecular formula is C29H32O17. The highest BCUT2D eigenvalue weighted by Gasteiger charge is 2.52. The van der Waals surface area contributed by atoms with Crippen molar-refractivity contribution in [2.75, 3.05) is 6.61 Å². The number of carbonyl (C=O) groups is 1. The van der Waals surface area contributed by atoms with Crippen molar-refractivity contribution in [2.45, 2.75) is 75.3 Å². The van der Waals surface area contributed by atoms with E-state index in [1.54, 1.807) is 0 Å². The number of aliphatic hydroxyl groups is 5. The minimum absolute atomic E-state index is 0.0470. The summed E-state index contributed by atoms with van der Waals surface area (Å²) in [4.78, 5) is 25.3. The van der Waals surface area contributed by atoms with E-state index in [9.17, 15) is 55.5 Å². The summed E-state index contributed by atoms with van der Waals surface area (Å²) in [5, 5.41) is 92.5. The second-order valence-corrected chi connectivity index (χ2v) is 10.9. The number of carbonyl (C=O) groups excluding carboxylic acids is 1. The number of hydrogen-bond donors (Lipinski definition) is 9. The van der Waals surface area contributed by atoms with Crippen LogP contribution in [0.1, 0.15) is 13.8 Å². The van der Waals surface area contributed by atoms with E-state index < -0.39 is 119 Å². The molecular weight excluding hydrogens is 620 g/mol. The predicted molar refractivity (Wildman–Crippen MR) is 150 cm³/mol. The fourth-order valence-electron chi connectivity index (χ4n) is 5.19. The SMILES string of the molecule is CC(=O)OCC1OC(Oc2c(-c3ccc(O)c(O)c3)oc3cc(O)cc(O)c3c2=O)C(O)C(O)C1OC1OC(C(C)O)C(O)C1O. The first-order valence-electron chi connectivity index (χ1n) is 13.9. The van der Waals surface area contributed by atoms with E-state index >= 15 is 0 Å². The van der Waals surface area contributed by atoms with Gasteiger partial charge in [0.2, 0.25) is 17.5 Å². The Morgan fingerprint density at radius 3 is 2.22 bits per heavy atom. The van der Waals surface area contributed by atoms with Gasteiger partial charge in [0, 0.05) is 24.6 Å². The van der Waals surface area contributed by atoms with Crippen molar-refractivity contribution in [1.82, 2.24) is 0 Å². The molecule has 2 aliphatic rings. The second-order valence-electron chi connectivity index (χ2n) is 10.9. The molecule has 2 saturated heterocycles. The van der Waals surface area contributed by atoms with Crippen LogP contribution >= 0.6 is 0 Å². The summed E-state index contributed by atoms with van der Waals surface area (Å²) in [6, 6.07) is 5.20. The third-order valence-electron chi connectivity index (χ3n) is 7.50. The van der Waals surface area contributed by atoms with Gasteiger partial charge in [-0.25, -0.2) is 0 Å². The fraction of sp³-hybridized carbons (Fsp3) is 0.448. The molecule has 10 atom stereocenters. The number of rotatable bonds is 8. The molecule has 10 unspecified atom stereocenters. The highest BCUT2D eigenvalue weighted by molar-refractivity contribution is 5.88. The molecule has 0 radical (unpaired) electrons. The molecule has 5 rings (SSSR count). The molecule has 0 saturated carbocycles. The summed E-state index contributed by atoms with van der Waals surface area (Å²) >= 11 is 0. The highest BCUT2D eigenvalue weighted by atomic mass is 16.7.